The van der Waals surface area contributed by atoms with Gasteiger partial charge in [-0.1, -0.05) is 11.6 Å². The fraction of sp³-hybridized carbons (Fsp3) is 0.364. The average Bonchev–Trinajstić information content (AvgIpc) is 3.13. The van der Waals surface area contributed by atoms with E-state index in [0.29, 0.717) is 29.3 Å². The maximum Gasteiger partial charge on any atom is 0.313 e. The largest absolute Gasteiger partial charge is 0.492 e. The molecule has 0 spiro atoms. The van der Waals surface area contributed by atoms with Crippen molar-refractivity contribution in [3.63, 3.8) is 0 Å². The Kier molecular flexibility index (Phi) is 6.15. The van der Waals surface area contributed by atoms with Crippen LogP contribution in [0, 0.1) is 5.92 Å². The monoisotopic (exact) mass is 477 g/mol. The van der Waals surface area contributed by atoms with E-state index < -0.39 is 15.9 Å². The Morgan fingerprint density at radius 1 is 1.28 bits per heavy atom. The second-order valence-electron chi connectivity index (χ2n) is 7.78. The molecule has 1 aliphatic heterocycles. The number of aryl methyl sites for hydroxylation is 1. The third-order valence-electron chi connectivity index (χ3n) is 5.50. The Balaban J connectivity index is 1.52. The standard InChI is InChI=1S/C22H24ClN3O5S/c1-4-26-19-7-6-17(32(28,29)25(2)3)11-18(19)24-21(26)13-31-22(27)15-9-14-10-16(23)5-8-20(14)30-12-15/h5-8,10-11,15H,4,9,12-13H2,1-3H3/t15-/m1/s1. The minimum atomic E-state index is -3.57. The first kappa shape index (κ1) is 22.6. The second-order valence-corrected chi connectivity index (χ2v) is 10.4. The molecule has 1 aromatic heterocycles. The summed E-state index contributed by atoms with van der Waals surface area (Å²) in [5.74, 6) is 0.476. The van der Waals surface area contributed by atoms with Crippen LogP contribution in [-0.2, 0) is 39.1 Å². The van der Waals surface area contributed by atoms with E-state index in [0.717, 1.165) is 21.1 Å². The van der Waals surface area contributed by atoms with Crippen LogP contribution in [0.4, 0.5) is 0 Å². The smallest absolute Gasteiger partial charge is 0.313 e. The molecule has 170 valence electrons. The SMILES string of the molecule is CCn1c(COC(=O)[C@H]2COc3ccc(Cl)cc3C2)nc2cc(S(=O)(=O)N(C)C)ccc21. The second kappa shape index (κ2) is 8.73. The number of hydrogen-bond acceptors (Lipinski definition) is 6. The lowest BCUT2D eigenvalue weighted by Gasteiger charge is -2.24. The molecule has 2 heterocycles. The van der Waals surface area contributed by atoms with Crippen molar-refractivity contribution in [2.75, 3.05) is 20.7 Å². The van der Waals surface area contributed by atoms with Gasteiger partial charge in [-0.15, -0.1) is 0 Å². The molecule has 0 saturated carbocycles. The van der Waals surface area contributed by atoms with E-state index in [4.69, 9.17) is 21.1 Å². The molecule has 1 aliphatic rings. The highest BCUT2D eigenvalue weighted by Crippen LogP contribution is 2.30. The van der Waals surface area contributed by atoms with E-state index in [1.54, 1.807) is 30.3 Å². The maximum atomic E-state index is 12.7. The van der Waals surface area contributed by atoms with Crippen LogP contribution in [0.1, 0.15) is 18.3 Å². The lowest BCUT2D eigenvalue weighted by molar-refractivity contribution is -0.151. The number of esters is 1. The van der Waals surface area contributed by atoms with Gasteiger partial charge in [0, 0.05) is 25.7 Å². The van der Waals surface area contributed by atoms with E-state index in [-0.39, 0.29) is 24.1 Å². The third-order valence-corrected chi connectivity index (χ3v) is 7.55. The molecule has 0 radical (unpaired) electrons. The Morgan fingerprint density at radius 3 is 2.78 bits per heavy atom. The first-order valence-corrected chi connectivity index (χ1v) is 12.0. The number of benzene rings is 2. The minimum Gasteiger partial charge on any atom is -0.492 e. The number of rotatable bonds is 6. The molecule has 0 fully saturated rings. The first-order valence-electron chi connectivity index (χ1n) is 10.2. The van der Waals surface area contributed by atoms with Gasteiger partial charge in [0.15, 0.2) is 0 Å². The highest BCUT2D eigenvalue weighted by atomic mass is 35.5. The van der Waals surface area contributed by atoms with Gasteiger partial charge in [-0.05, 0) is 55.3 Å². The highest BCUT2D eigenvalue weighted by molar-refractivity contribution is 7.89. The van der Waals surface area contributed by atoms with Crippen molar-refractivity contribution in [2.45, 2.75) is 31.4 Å². The number of carbonyl (C=O) groups excluding carboxylic acids is 1. The molecule has 1 atom stereocenters. The summed E-state index contributed by atoms with van der Waals surface area (Å²) < 4.78 is 39.2. The van der Waals surface area contributed by atoms with Crippen molar-refractivity contribution in [1.82, 2.24) is 13.9 Å². The van der Waals surface area contributed by atoms with Crippen molar-refractivity contribution in [1.29, 1.82) is 0 Å². The van der Waals surface area contributed by atoms with Gasteiger partial charge in [0.05, 0.1) is 21.8 Å². The number of fused-ring (bicyclic) bond motifs is 2. The summed E-state index contributed by atoms with van der Waals surface area (Å²) in [5.41, 5.74) is 2.19. The lowest BCUT2D eigenvalue weighted by atomic mass is 9.97. The van der Waals surface area contributed by atoms with Crippen molar-refractivity contribution in [2.24, 2.45) is 5.92 Å². The zero-order valence-corrected chi connectivity index (χ0v) is 19.6. The number of ether oxygens (including phenoxy) is 2. The molecule has 0 N–H and O–H groups in total. The van der Waals surface area contributed by atoms with Crippen molar-refractivity contribution < 1.29 is 22.7 Å². The van der Waals surface area contributed by atoms with Gasteiger partial charge in [-0.3, -0.25) is 4.79 Å². The fourth-order valence-corrected chi connectivity index (χ4v) is 4.88. The number of sulfonamides is 1. The molecule has 10 heteroatoms. The van der Waals surface area contributed by atoms with Gasteiger partial charge >= 0.3 is 5.97 Å². The zero-order valence-electron chi connectivity index (χ0n) is 18.0. The summed E-state index contributed by atoms with van der Waals surface area (Å²) in [5, 5.41) is 0.591. The van der Waals surface area contributed by atoms with Gasteiger partial charge in [-0.2, -0.15) is 0 Å². The van der Waals surface area contributed by atoms with Crippen LogP contribution in [0.15, 0.2) is 41.3 Å². The molecule has 0 unspecified atom stereocenters. The number of hydrogen-bond donors (Lipinski definition) is 0. The van der Waals surface area contributed by atoms with Gasteiger partial charge in [0.1, 0.15) is 24.8 Å². The normalized spacial score (nSPS) is 16.1. The molecular formula is C22H24ClN3O5S. The van der Waals surface area contributed by atoms with Crippen LogP contribution < -0.4 is 4.74 Å². The number of imidazole rings is 1. The van der Waals surface area contributed by atoms with Crippen LogP contribution in [0.3, 0.4) is 0 Å². The van der Waals surface area contributed by atoms with Crippen molar-refractivity contribution >= 4 is 38.6 Å². The minimum absolute atomic E-state index is 0.0178. The topological polar surface area (TPSA) is 90.7 Å². The summed E-state index contributed by atoms with van der Waals surface area (Å²) in [7, 11) is -0.606. The van der Waals surface area contributed by atoms with Gasteiger partial charge in [0.2, 0.25) is 10.0 Å². The third kappa shape index (κ3) is 4.20. The average molecular weight is 478 g/mol. The van der Waals surface area contributed by atoms with Crippen LogP contribution in [0.25, 0.3) is 11.0 Å². The molecule has 0 saturated heterocycles. The number of halogens is 1. The zero-order chi connectivity index (χ0) is 23.0. The van der Waals surface area contributed by atoms with E-state index in [9.17, 15) is 13.2 Å². The number of nitrogens with zero attached hydrogens (tertiary/aromatic N) is 3. The molecule has 32 heavy (non-hydrogen) atoms. The van der Waals surface area contributed by atoms with Crippen LogP contribution in [0.2, 0.25) is 5.02 Å². The molecule has 3 aromatic rings. The molecule has 4 rings (SSSR count). The maximum absolute atomic E-state index is 12.7. The summed E-state index contributed by atoms with van der Waals surface area (Å²) in [4.78, 5) is 17.4. The molecule has 0 amide bonds. The van der Waals surface area contributed by atoms with E-state index >= 15 is 0 Å². The van der Waals surface area contributed by atoms with E-state index in [2.05, 4.69) is 4.98 Å². The van der Waals surface area contributed by atoms with Crippen molar-refractivity contribution in [3.8, 4) is 5.75 Å². The molecular weight excluding hydrogens is 454 g/mol. The lowest BCUT2D eigenvalue weighted by Crippen LogP contribution is -2.30. The summed E-state index contributed by atoms with van der Waals surface area (Å²) >= 11 is 6.05. The van der Waals surface area contributed by atoms with Crippen LogP contribution in [0.5, 0.6) is 5.75 Å². The Morgan fingerprint density at radius 2 is 2.06 bits per heavy atom. The Hall–Kier alpha value is -2.62. The van der Waals surface area contributed by atoms with E-state index in [1.165, 1.54) is 20.2 Å². The fourth-order valence-electron chi connectivity index (χ4n) is 3.76. The van der Waals surface area contributed by atoms with Crippen LogP contribution in [-0.4, -0.2) is 48.9 Å². The quantitative estimate of drug-likeness (QED) is 0.506. The summed E-state index contributed by atoms with van der Waals surface area (Å²) in [6.07, 6.45) is 0.491. The highest BCUT2D eigenvalue weighted by Gasteiger charge is 2.28. The molecule has 2 aromatic carbocycles. The molecule has 0 bridgehead atoms. The first-order chi connectivity index (χ1) is 15.2. The van der Waals surface area contributed by atoms with Gasteiger partial charge in [0.25, 0.3) is 0 Å². The van der Waals surface area contributed by atoms with Crippen molar-refractivity contribution in [3.05, 3.63) is 52.8 Å². The number of carbonyl (C=O) groups is 1. The Labute approximate surface area is 191 Å². The van der Waals surface area contributed by atoms with Gasteiger partial charge < -0.3 is 14.0 Å². The Bertz CT molecular complexity index is 1290. The summed E-state index contributed by atoms with van der Waals surface area (Å²) in [6, 6.07) is 10.2. The predicted octanol–water partition coefficient (Wildman–Crippen LogP) is 3.25. The number of aromatic nitrogens is 2. The molecule has 0 aliphatic carbocycles. The molecule has 8 nitrogen and oxygen atoms in total. The van der Waals surface area contributed by atoms with Crippen LogP contribution >= 0.6 is 11.6 Å². The van der Waals surface area contributed by atoms with E-state index in [1.807, 2.05) is 11.5 Å². The summed E-state index contributed by atoms with van der Waals surface area (Å²) in [6.45, 7) is 2.77. The predicted molar refractivity (Wildman–Crippen MR) is 120 cm³/mol. The van der Waals surface area contributed by atoms with Gasteiger partial charge in [-0.25, -0.2) is 17.7 Å².